The summed E-state index contributed by atoms with van der Waals surface area (Å²) in [6, 6.07) is 11.9. The lowest BCUT2D eigenvalue weighted by Gasteiger charge is -2.19. The summed E-state index contributed by atoms with van der Waals surface area (Å²) in [7, 11) is 0. The van der Waals surface area contributed by atoms with E-state index in [0.29, 0.717) is 30.6 Å². The molecule has 3 heterocycles. The van der Waals surface area contributed by atoms with Gasteiger partial charge >= 0.3 is 0 Å². The molecule has 0 bridgehead atoms. The lowest BCUT2D eigenvalue weighted by molar-refractivity contribution is -0.129. The molecule has 0 aliphatic rings. The summed E-state index contributed by atoms with van der Waals surface area (Å²) in [5.74, 6) is 1.33. The second-order valence-electron chi connectivity index (χ2n) is 6.03. The van der Waals surface area contributed by atoms with Gasteiger partial charge in [0.2, 0.25) is 11.8 Å². The van der Waals surface area contributed by atoms with E-state index in [1.54, 1.807) is 27.6 Å². The van der Waals surface area contributed by atoms with E-state index in [4.69, 9.17) is 4.42 Å². The van der Waals surface area contributed by atoms with Crippen LogP contribution in [0.1, 0.15) is 19.2 Å². The molecule has 0 atom stereocenters. The number of thioether (sulfide) groups is 1. The second kappa shape index (κ2) is 8.85. The normalized spacial score (nSPS) is 11.2. The molecule has 0 spiro atoms. The molecule has 4 rings (SSSR count). The number of hydrogen-bond acceptors (Lipinski definition) is 8. The van der Waals surface area contributed by atoms with Crippen LogP contribution in [-0.4, -0.2) is 38.3 Å². The fourth-order valence-electron chi connectivity index (χ4n) is 2.67. The van der Waals surface area contributed by atoms with Crippen LogP contribution in [0.5, 0.6) is 0 Å². The topological polar surface area (TPSA) is 72.1 Å². The summed E-state index contributed by atoms with van der Waals surface area (Å²) in [6.45, 7) is 3.02. The minimum atomic E-state index is 0.0435. The van der Waals surface area contributed by atoms with Crippen molar-refractivity contribution in [3.05, 3.63) is 47.7 Å². The molecule has 0 fully saturated rings. The van der Waals surface area contributed by atoms with Gasteiger partial charge in [-0.05, 0) is 30.0 Å². The predicted molar refractivity (Wildman–Crippen MR) is 114 cm³/mol. The first-order chi connectivity index (χ1) is 13.7. The van der Waals surface area contributed by atoms with E-state index in [2.05, 4.69) is 15.2 Å². The van der Waals surface area contributed by atoms with E-state index in [1.165, 1.54) is 11.8 Å². The minimum Gasteiger partial charge on any atom is -0.418 e. The van der Waals surface area contributed by atoms with Crippen molar-refractivity contribution in [2.75, 3.05) is 12.3 Å². The Morgan fingerprint density at radius 1 is 1.21 bits per heavy atom. The van der Waals surface area contributed by atoms with Gasteiger partial charge in [0.05, 0.1) is 27.4 Å². The Morgan fingerprint density at radius 2 is 2.11 bits per heavy atom. The molecule has 4 aromatic rings. The fourth-order valence-corrected chi connectivity index (χ4v) is 5.29. The number of nitrogens with zero attached hydrogens (tertiary/aromatic N) is 4. The number of benzene rings is 1. The first-order valence-electron chi connectivity index (χ1n) is 8.85. The van der Waals surface area contributed by atoms with Crippen LogP contribution in [0.4, 0.5) is 0 Å². The van der Waals surface area contributed by atoms with Gasteiger partial charge in [-0.15, -0.1) is 32.9 Å². The van der Waals surface area contributed by atoms with Crippen LogP contribution >= 0.6 is 34.4 Å². The zero-order valence-electron chi connectivity index (χ0n) is 15.2. The van der Waals surface area contributed by atoms with Gasteiger partial charge in [0.15, 0.2) is 4.34 Å². The smallest absolute Gasteiger partial charge is 0.257 e. The van der Waals surface area contributed by atoms with Crippen molar-refractivity contribution in [2.24, 2.45) is 0 Å². The Kier molecular flexibility index (Phi) is 6.04. The maximum Gasteiger partial charge on any atom is 0.257 e. The number of aromatic nitrogens is 3. The van der Waals surface area contributed by atoms with Crippen LogP contribution < -0.4 is 0 Å². The molecule has 144 valence electrons. The van der Waals surface area contributed by atoms with Crippen LogP contribution in [0.2, 0.25) is 0 Å². The zero-order chi connectivity index (χ0) is 19.3. The highest BCUT2D eigenvalue weighted by atomic mass is 32.2. The second-order valence-corrected chi connectivity index (χ2v) is 9.23. The molecule has 1 aromatic carbocycles. The van der Waals surface area contributed by atoms with E-state index in [1.807, 2.05) is 48.7 Å². The summed E-state index contributed by atoms with van der Waals surface area (Å²) in [5.41, 5.74) is 0.972. The Morgan fingerprint density at radius 3 is 2.89 bits per heavy atom. The van der Waals surface area contributed by atoms with Crippen molar-refractivity contribution < 1.29 is 9.21 Å². The van der Waals surface area contributed by atoms with Gasteiger partial charge in [-0.25, -0.2) is 4.98 Å². The molecular weight excluding hydrogens is 412 g/mol. The molecular formula is C19H18N4O2S3. The number of rotatable bonds is 8. The zero-order valence-corrected chi connectivity index (χ0v) is 17.6. The third-order valence-corrected chi connectivity index (χ3v) is 6.99. The highest BCUT2D eigenvalue weighted by molar-refractivity contribution is 8.01. The van der Waals surface area contributed by atoms with Crippen LogP contribution in [0, 0.1) is 0 Å². The molecule has 0 saturated carbocycles. The van der Waals surface area contributed by atoms with Gasteiger partial charge in [0, 0.05) is 6.54 Å². The van der Waals surface area contributed by atoms with Gasteiger partial charge in [-0.3, -0.25) is 4.79 Å². The Balaban J connectivity index is 1.39. The largest absolute Gasteiger partial charge is 0.418 e. The number of carbonyl (C=O) groups excluding carboxylic acids is 1. The standard InChI is InChI=1S/C19H18N4O2S3/c1-2-9-23(11-16-21-22-18(25-16)15-8-5-10-26-15)17(24)12-27-19-20-13-6-3-4-7-14(13)28-19/h3-8,10H,2,9,11-12H2,1H3. The highest BCUT2D eigenvalue weighted by Crippen LogP contribution is 2.29. The average Bonchev–Trinajstić information content (AvgIpc) is 3.45. The predicted octanol–water partition coefficient (Wildman–Crippen LogP) is 4.94. The van der Waals surface area contributed by atoms with Gasteiger partial charge in [0.25, 0.3) is 5.89 Å². The van der Waals surface area contributed by atoms with Gasteiger partial charge in [0.1, 0.15) is 0 Å². The van der Waals surface area contributed by atoms with E-state index >= 15 is 0 Å². The number of para-hydroxylation sites is 1. The van der Waals surface area contributed by atoms with Crippen LogP contribution in [-0.2, 0) is 11.3 Å². The number of thiophene rings is 1. The number of thiazole rings is 1. The van der Waals surface area contributed by atoms with Crippen molar-refractivity contribution in [2.45, 2.75) is 24.2 Å². The molecule has 0 unspecified atom stereocenters. The first-order valence-corrected chi connectivity index (χ1v) is 11.5. The van der Waals surface area contributed by atoms with Crippen LogP contribution in [0.25, 0.3) is 21.0 Å². The quantitative estimate of drug-likeness (QED) is 0.369. The monoisotopic (exact) mass is 430 g/mol. The number of carbonyl (C=O) groups is 1. The molecule has 6 nitrogen and oxygen atoms in total. The van der Waals surface area contributed by atoms with E-state index in [-0.39, 0.29) is 5.91 Å². The van der Waals surface area contributed by atoms with Gasteiger partial charge < -0.3 is 9.32 Å². The Hall–Kier alpha value is -2.23. The number of amides is 1. The van der Waals surface area contributed by atoms with E-state index < -0.39 is 0 Å². The molecule has 0 aliphatic heterocycles. The first kappa shape index (κ1) is 19.1. The fraction of sp³-hybridized carbons (Fsp3) is 0.263. The minimum absolute atomic E-state index is 0.0435. The Bertz CT molecular complexity index is 1030. The summed E-state index contributed by atoms with van der Waals surface area (Å²) in [6.07, 6.45) is 0.865. The van der Waals surface area contributed by atoms with Crippen molar-refractivity contribution in [1.82, 2.24) is 20.1 Å². The van der Waals surface area contributed by atoms with E-state index in [9.17, 15) is 4.79 Å². The summed E-state index contributed by atoms with van der Waals surface area (Å²) >= 11 is 4.63. The number of hydrogen-bond donors (Lipinski definition) is 0. The van der Waals surface area contributed by atoms with Crippen LogP contribution in [0.15, 0.2) is 50.5 Å². The molecule has 9 heteroatoms. The maximum atomic E-state index is 12.8. The molecule has 0 N–H and O–H groups in total. The van der Waals surface area contributed by atoms with Crippen molar-refractivity contribution in [3.63, 3.8) is 0 Å². The average molecular weight is 431 g/mol. The van der Waals surface area contributed by atoms with Crippen molar-refractivity contribution in [3.8, 4) is 10.8 Å². The van der Waals surface area contributed by atoms with Gasteiger partial charge in [-0.1, -0.05) is 36.9 Å². The summed E-state index contributed by atoms with van der Waals surface area (Å²) in [4.78, 5) is 20.0. The SMILES string of the molecule is CCCN(Cc1nnc(-c2cccs2)o1)C(=O)CSc1nc2ccccc2s1. The molecule has 3 aromatic heterocycles. The number of fused-ring (bicyclic) bond motifs is 1. The van der Waals surface area contributed by atoms with Crippen LogP contribution in [0.3, 0.4) is 0 Å². The van der Waals surface area contributed by atoms with Gasteiger partial charge in [-0.2, -0.15) is 0 Å². The lowest BCUT2D eigenvalue weighted by Crippen LogP contribution is -2.32. The third-order valence-electron chi connectivity index (χ3n) is 3.96. The maximum absolute atomic E-state index is 12.8. The molecule has 0 saturated heterocycles. The van der Waals surface area contributed by atoms with E-state index in [0.717, 1.165) is 25.9 Å². The summed E-state index contributed by atoms with van der Waals surface area (Å²) in [5, 5.41) is 10.2. The molecule has 28 heavy (non-hydrogen) atoms. The molecule has 0 radical (unpaired) electrons. The summed E-state index contributed by atoms with van der Waals surface area (Å²) < 4.78 is 7.78. The highest BCUT2D eigenvalue weighted by Gasteiger charge is 2.18. The third kappa shape index (κ3) is 4.43. The molecule has 0 aliphatic carbocycles. The Labute approximate surface area is 174 Å². The molecule has 1 amide bonds. The lowest BCUT2D eigenvalue weighted by atomic mass is 10.3. The van der Waals surface area contributed by atoms with Crippen molar-refractivity contribution >= 4 is 50.6 Å². The van der Waals surface area contributed by atoms with Crippen molar-refractivity contribution in [1.29, 1.82) is 0 Å².